The zero-order valence-electron chi connectivity index (χ0n) is 15.0. The van der Waals surface area contributed by atoms with Gasteiger partial charge in [0.05, 0.1) is 6.04 Å². The maximum atomic E-state index is 13.1. The lowest BCUT2D eigenvalue weighted by Crippen LogP contribution is -2.41. The summed E-state index contributed by atoms with van der Waals surface area (Å²) in [7, 11) is 0. The van der Waals surface area contributed by atoms with Crippen LogP contribution in [0.5, 0.6) is 0 Å². The number of amides is 1. The Bertz CT molecular complexity index is 883. The van der Waals surface area contributed by atoms with Crippen LogP contribution in [-0.4, -0.2) is 43.0 Å². The van der Waals surface area contributed by atoms with Gasteiger partial charge in [0, 0.05) is 50.6 Å². The van der Waals surface area contributed by atoms with Crippen LogP contribution < -0.4 is 0 Å². The first kappa shape index (κ1) is 16.6. The Kier molecular flexibility index (Phi) is 4.56. The van der Waals surface area contributed by atoms with E-state index in [-0.39, 0.29) is 5.91 Å². The van der Waals surface area contributed by atoms with Gasteiger partial charge in [-0.25, -0.2) is 4.98 Å². The molecule has 0 N–H and O–H groups in total. The number of aromatic nitrogens is 4. The average molecular weight is 349 g/mol. The molecular formula is C20H23N5O. The van der Waals surface area contributed by atoms with Gasteiger partial charge in [-0.05, 0) is 49.6 Å². The summed E-state index contributed by atoms with van der Waals surface area (Å²) in [6.45, 7) is 4.23. The quantitative estimate of drug-likeness (QED) is 0.728. The molecule has 0 aliphatic carbocycles. The first-order chi connectivity index (χ1) is 12.7. The van der Waals surface area contributed by atoms with Crippen LogP contribution in [0.4, 0.5) is 0 Å². The van der Waals surface area contributed by atoms with E-state index in [1.807, 2.05) is 59.2 Å². The summed E-state index contributed by atoms with van der Waals surface area (Å²) < 4.78 is 4.21. The van der Waals surface area contributed by atoms with Crippen molar-refractivity contribution in [3.63, 3.8) is 0 Å². The third kappa shape index (κ3) is 3.27. The van der Waals surface area contributed by atoms with Gasteiger partial charge in [0.15, 0.2) is 0 Å². The molecule has 1 unspecified atom stereocenters. The number of carbonyl (C=O) groups is 1. The van der Waals surface area contributed by atoms with Crippen molar-refractivity contribution >= 4 is 5.91 Å². The number of hydrogen-bond acceptors (Lipinski definition) is 3. The van der Waals surface area contributed by atoms with Crippen LogP contribution in [0.1, 0.15) is 40.8 Å². The molecule has 4 heterocycles. The number of hydrogen-bond donors (Lipinski definition) is 0. The highest BCUT2D eigenvalue weighted by molar-refractivity contribution is 5.92. The Morgan fingerprint density at radius 3 is 2.81 bits per heavy atom. The van der Waals surface area contributed by atoms with Crippen LogP contribution >= 0.6 is 0 Å². The molecule has 1 amide bonds. The Hall–Kier alpha value is -2.89. The monoisotopic (exact) mass is 349 g/mol. The average Bonchev–Trinajstić information content (AvgIpc) is 3.31. The summed E-state index contributed by atoms with van der Waals surface area (Å²) >= 11 is 0. The standard InChI is InChI=1S/C20H23N5O/c1-16-22-10-13-25(16)18-4-2-12-24(15-18)20(26)19-5-3-11-23(19)14-17-6-8-21-9-7-17/h3,5-11,13,18H,2,4,12,14-15H2,1H3. The highest BCUT2D eigenvalue weighted by atomic mass is 16.2. The number of likely N-dealkylation sites (tertiary alicyclic amines) is 1. The Balaban J connectivity index is 1.51. The van der Waals surface area contributed by atoms with Crippen molar-refractivity contribution in [2.24, 2.45) is 0 Å². The molecule has 0 aromatic carbocycles. The molecular weight excluding hydrogens is 326 g/mol. The molecule has 1 atom stereocenters. The van der Waals surface area contributed by atoms with E-state index >= 15 is 0 Å². The molecule has 1 fully saturated rings. The number of pyridine rings is 1. The highest BCUT2D eigenvalue weighted by Crippen LogP contribution is 2.24. The Morgan fingerprint density at radius 2 is 2.04 bits per heavy atom. The summed E-state index contributed by atoms with van der Waals surface area (Å²) in [6, 6.07) is 8.12. The van der Waals surface area contributed by atoms with Gasteiger partial charge in [0.25, 0.3) is 5.91 Å². The van der Waals surface area contributed by atoms with E-state index in [0.717, 1.165) is 43.0 Å². The van der Waals surface area contributed by atoms with Crippen molar-refractivity contribution in [3.05, 3.63) is 72.3 Å². The van der Waals surface area contributed by atoms with Crippen LogP contribution in [0, 0.1) is 6.92 Å². The molecule has 0 spiro atoms. The third-order valence-corrected chi connectivity index (χ3v) is 5.09. The smallest absolute Gasteiger partial charge is 0.270 e. The zero-order chi connectivity index (χ0) is 17.9. The van der Waals surface area contributed by atoms with Crippen LogP contribution in [0.2, 0.25) is 0 Å². The van der Waals surface area contributed by atoms with E-state index in [0.29, 0.717) is 12.6 Å². The Labute approximate surface area is 153 Å². The first-order valence-electron chi connectivity index (χ1n) is 9.05. The highest BCUT2D eigenvalue weighted by Gasteiger charge is 2.27. The van der Waals surface area contributed by atoms with Gasteiger partial charge < -0.3 is 14.0 Å². The normalized spacial score (nSPS) is 17.4. The number of imidazole rings is 1. The molecule has 6 heteroatoms. The van der Waals surface area contributed by atoms with Gasteiger partial charge in [-0.15, -0.1) is 0 Å². The lowest BCUT2D eigenvalue weighted by Gasteiger charge is -2.34. The molecule has 6 nitrogen and oxygen atoms in total. The number of rotatable bonds is 4. The van der Waals surface area contributed by atoms with Crippen LogP contribution in [-0.2, 0) is 6.54 Å². The molecule has 3 aromatic rings. The van der Waals surface area contributed by atoms with Crippen molar-refractivity contribution < 1.29 is 4.79 Å². The molecule has 4 rings (SSSR count). The van der Waals surface area contributed by atoms with E-state index in [2.05, 4.69) is 14.5 Å². The maximum Gasteiger partial charge on any atom is 0.270 e. The molecule has 1 saturated heterocycles. The van der Waals surface area contributed by atoms with Gasteiger partial charge in [0.2, 0.25) is 0 Å². The lowest BCUT2D eigenvalue weighted by atomic mass is 10.0. The second kappa shape index (κ2) is 7.15. The summed E-state index contributed by atoms with van der Waals surface area (Å²) in [5.74, 6) is 1.11. The SMILES string of the molecule is Cc1nccn1C1CCCN(C(=O)c2cccn2Cc2ccncc2)C1. The van der Waals surface area contributed by atoms with Gasteiger partial charge >= 0.3 is 0 Å². The zero-order valence-corrected chi connectivity index (χ0v) is 15.0. The molecule has 0 bridgehead atoms. The van der Waals surface area contributed by atoms with E-state index in [1.165, 1.54) is 0 Å². The van der Waals surface area contributed by atoms with Crippen molar-refractivity contribution in [3.8, 4) is 0 Å². The van der Waals surface area contributed by atoms with Gasteiger partial charge in [-0.3, -0.25) is 9.78 Å². The van der Waals surface area contributed by atoms with Crippen molar-refractivity contribution in [1.82, 2.24) is 24.0 Å². The topological polar surface area (TPSA) is 56.0 Å². The molecule has 0 saturated carbocycles. The van der Waals surface area contributed by atoms with Crippen LogP contribution in [0.15, 0.2) is 55.2 Å². The lowest BCUT2D eigenvalue weighted by molar-refractivity contribution is 0.0668. The molecule has 3 aromatic heterocycles. The Morgan fingerprint density at radius 1 is 1.19 bits per heavy atom. The predicted octanol–water partition coefficient (Wildman–Crippen LogP) is 2.91. The number of aryl methyl sites for hydroxylation is 1. The summed E-state index contributed by atoms with van der Waals surface area (Å²) in [5, 5.41) is 0. The third-order valence-electron chi connectivity index (χ3n) is 5.09. The molecule has 1 aliphatic rings. The van der Waals surface area contributed by atoms with Crippen LogP contribution in [0.3, 0.4) is 0 Å². The van der Waals surface area contributed by atoms with Gasteiger partial charge in [-0.1, -0.05) is 0 Å². The molecule has 0 radical (unpaired) electrons. The van der Waals surface area contributed by atoms with Crippen molar-refractivity contribution in [2.75, 3.05) is 13.1 Å². The molecule has 26 heavy (non-hydrogen) atoms. The fraction of sp³-hybridized carbons (Fsp3) is 0.350. The summed E-state index contributed by atoms with van der Waals surface area (Å²) in [4.78, 5) is 23.5. The predicted molar refractivity (Wildman–Crippen MR) is 98.9 cm³/mol. The molecule has 1 aliphatic heterocycles. The molecule has 134 valence electrons. The van der Waals surface area contributed by atoms with Gasteiger partial charge in [0.1, 0.15) is 11.5 Å². The summed E-state index contributed by atoms with van der Waals surface area (Å²) in [5.41, 5.74) is 1.88. The first-order valence-corrected chi connectivity index (χ1v) is 9.05. The number of carbonyl (C=O) groups excluding carboxylic acids is 1. The number of piperidine rings is 1. The largest absolute Gasteiger partial charge is 0.339 e. The fourth-order valence-corrected chi connectivity index (χ4v) is 3.73. The van der Waals surface area contributed by atoms with Crippen molar-refractivity contribution in [2.45, 2.75) is 32.4 Å². The summed E-state index contributed by atoms with van der Waals surface area (Å²) in [6.07, 6.45) is 11.5. The van der Waals surface area contributed by atoms with E-state index in [9.17, 15) is 4.79 Å². The number of nitrogens with zero attached hydrogens (tertiary/aromatic N) is 5. The maximum absolute atomic E-state index is 13.1. The van der Waals surface area contributed by atoms with E-state index in [1.54, 1.807) is 12.4 Å². The fourth-order valence-electron chi connectivity index (χ4n) is 3.73. The minimum atomic E-state index is 0.103. The second-order valence-corrected chi connectivity index (χ2v) is 6.81. The minimum absolute atomic E-state index is 0.103. The minimum Gasteiger partial charge on any atom is -0.339 e. The second-order valence-electron chi connectivity index (χ2n) is 6.81. The van der Waals surface area contributed by atoms with Crippen molar-refractivity contribution in [1.29, 1.82) is 0 Å². The van der Waals surface area contributed by atoms with E-state index < -0.39 is 0 Å². The van der Waals surface area contributed by atoms with Gasteiger partial charge in [-0.2, -0.15) is 0 Å². The van der Waals surface area contributed by atoms with E-state index in [4.69, 9.17) is 0 Å². The van der Waals surface area contributed by atoms with Crippen LogP contribution in [0.25, 0.3) is 0 Å².